The summed E-state index contributed by atoms with van der Waals surface area (Å²) in [5.74, 6) is 2.06. The molecule has 0 bridgehead atoms. The maximum atomic E-state index is 10.7. The van der Waals surface area contributed by atoms with E-state index in [9.17, 15) is 4.91 Å². The van der Waals surface area contributed by atoms with Crippen molar-refractivity contribution in [3.63, 3.8) is 0 Å². The maximum absolute atomic E-state index is 10.7. The van der Waals surface area contributed by atoms with Crippen molar-refractivity contribution in [2.75, 3.05) is 12.9 Å². The summed E-state index contributed by atoms with van der Waals surface area (Å²) in [6, 6.07) is 0.0190. The average molecular weight is 341 g/mol. The Morgan fingerprint density at radius 2 is 2.35 bits per heavy atom. The molecule has 9 nitrogen and oxygen atoms in total. The zero-order chi connectivity index (χ0) is 16.7. The van der Waals surface area contributed by atoms with Crippen LogP contribution in [-0.2, 0) is 4.74 Å². The van der Waals surface area contributed by atoms with Crippen molar-refractivity contribution in [1.82, 2.24) is 16.1 Å². The lowest BCUT2D eigenvalue weighted by Gasteiger charge is -2.28. The topological polar surface area (TPSA) is 123 Å². The van der Waals surface area contributed by atoms with Crippen LogP contribution < -0.4 is 16.1 Å². The molecule has 1 aliphatic heterocycles. The molecule has 1 aliphatic carbocycles. The van der Waals surface area contributed by atoms with Crippen molar-refractivity contribution >= 4 is 17.7 Å². The molecule has 1 heterocycles. The molecule has 4 N–H and O–H groups in total. The second-order valence-electron chi connectivity index (χ2n) is 5.39. The minimum Gasteiger partial charge on any atom is -0.480 e. The first-order valence-corrected chi connectivity index (χ1v) is 8.72. The van der Waals surface area contributed by atoms with Gasteiger partial charge in [-0.25, -0.2) is 4.99 Å². The van der Waals surface area contributed by atoms with Gasteiger partial charge in [0.05, 0.1) is 13.2 Å². The van der Waals surface area contributed by atoms with E-state index < -0.39 is 0 Å². The first-order valence-electron chi connectivity index (χ1n) is 7.67. The molecule has 3 atom stereocenters. The fourth-order valence-electron chi connectivity index (χ4n) is 2.63. The fraction of sp³-hybridized carbons (Fsp3) is 0.769. The summed E-state index contributed by atoms with van der Waals surface area (Å²) in [4.78, 5) is 15.1. The lowest BCUT2D eigenvalue weighted by atomic mass is 10.2. The lowest BCUT2D eigenvalue weighted by molar-refractivity contribution is 0.386. The number of nitrogens with one attached hydrogen (secondary N) is 4. The standard InChI is InChI=1S/C13H23N7O2S/c1-3-6-23-13-16-11(10(18-20-14)12(17-13)22-2)15-8-4-5-9(7-8)19-21/h8-9,13,15-16H,3-7H2,1-2H3,(H2,14,18)/t8-,9+,13?/m0/s1. The van der Waals surface area contributed by atoms with E-state index in [0.29, 0.717) is 23.8 Å². The van der Waals surface area contributed by atoms with Gasteiger partial charge in [0.15, 0.2) is 11.2 Å². The Hall–Kier alpha value is -1.84. The van der Waals surface area contributed by atoms with E-state index in [2.05, 4.69) is 38.4 Å². The SMILES string of the molecule is CCCSC1N=C(OC)C(NN=N)=C(N[C@H]2CC[C@@H](N=O)C2)N1. The third kappa shape index (κ3) is 4.57. The summed E-state index contributed by atoms with van der Waals surface area (Å²) in [6.45, 7) is 2.11. The number of aliphatic imine (C=N–C) groups is 1. The number of thioether (sulfide) groups is 1. The molecular formula is C13H23N7O2S. The van der Waals surface area contributed by atoms with E-state index in [1.165, 1.54) is 7.11 Å². The number of nitrogens with zero attached hydrogens (tertiary/aromatic N) is 3. The molecule has 1 fully saturated rings. The highest BCUT2D eigenvalue weighted by atomic mass is 32.2. The van der Waals surface area contributed by atoms with Crippen LogP contribution >= 0.6 is 11.8 Å². The van der Waals surface area contributed by atoms with Crippen LogP contribution in [0.25, 0.3) is 0 Å². The van der Waals surface area contributed by atoms with Gasteiger partial charge in [0.25, 0.3) is 0 Å². The third-order valence-electron chi connectivity index (χ3n) is 3.71. The molecule has 0 saturated heterocycles. The van der Waals surface area contributed by atoms with Gasteiger partial charge in [-0.15, -0.1) is 11.8 Å². The smallest absolute Gasteiger partial charge is 0.241 e. The number of ether oxygens (including phenoxy) is 1. The molecule has 2 aliphatic rings. The van der Waals surface area contributed by atoms with Gasteiger partial charge in [-0.3, -0.25) is 5.43 Å². The highest BCUT2D eigenvalue weighted by Gasteiger charge is 2.30. The Morgan fingerprint density at radius 3 is 2.96 bits per heavy atom. The van der Waals surface area contributed by atoms with Crippen molar-refractivity contribution in [2.45, 2.75) is 50.2 Å². The molecule has 0 aromatic rings. The first kappa shape index (κ1) is 17.5. The molecule has 1 unspecified atom stereocenters. The Labute approximate surface area is 139 Å². The van der Waals surface area contributed by atoms with Gasteiger partial charge in [-0.2, -0.15) is 10.4 Å². The second-order valence-corrected chi connectivity index (χ2v) is 6.58. The van der Waals surface area contributed by atoms with Gasteiger partial charge in [0.2, 0.25) is 5.90 Å². The Bertz CT molecular complexity index is 497. The van der Waals surface area contributed by atoms with Crippen LogP contribution in [-0.4, -0.2) is 36.3 Å². The van der Waals surface area contributed by atoms with Crippen molar-refractivity contribution < 1.29 is 4.74 Å². The summed E-state index contributed by atoms with van der Waals surface area (Å²) in [5, 5.41) is 13.0. The second kappa shape index (κ2) is 8.70. The van der Waals surface area contributed by atoms with E-state index in [1.807, 2.05) is 0 Å². The largest absolute Gasteiger partial charge is 0.480 e. The highest BCUT2D eigenvalue weighted by molar-refractivity contribution is 7.99. The van der Waals surface area contributed by atoms with Crippen LogP contribution in [0.2, 0.25) is 0 Å². The van der Waals surface area contributed by atoms with Crippen LogP contribution in [0.1, 0.15) is 32.6 Å². The van der Waals surface area contributed by atoms with E-state index in [-0.39, 0.29) is 17.6 Å². The normalized spacial score (nSPS) is 27.0. The lowest BCUT2D eigenvalue weighted by Crippen LogP contribution is -2.44. The molecule has 0 aromatic heterocycles. The van der Waals surface area contributed by atoms with Gasteiger partial charge in [-0.05, 0) is 31.4 Å². The molecule has 10 heteroatoms. The number of nitroso groups, excluding NO2 is 1. The monoisotopic (exact) mass is 341 g/mol. The molecule has 23 heavy (non-hydrogen) atoms. The van der Waals surface area contributed by atoms with Crippen LogP contribution in [0, 0.1) is 10.4 Å². The third-order valence-corrected chi connectivity index (χ3v) is 4.89. The first-order chi connectivity index (χ1) is 11.2. The Morgan fingerprint density at radius 1 is 1.52 bits per heavy atom. The molecular weight excluding hydrogens is 318 g/mol. The van der Waals surface area contributed by atoms with E-state index in [4.69, 9.17) is 10.3 Å². The summed E-state index contributed by atoms with van der Waals surface area (Å²) >= 11 is 1.68. The Balaban J connectivity index is 2.13. The minimum absolute atomic E-state index is 0.130. The quantitative estimate of drug-likeness (QED) is 0.304. The summed E-state index contributed by atoms with van der Waals surface area (Å²) in [5.41, 5.74) is 10.00. The highest BCUT2D eigenvalue weighted by Crippen LogP contribution is 2.24. The fourth-order valence-corrected chi connectivity index (χ4v) is 3.46. The zero-order valence-electron chi connectivity index (χ0n) is 13.3. The van der Waals surface area contributed by atoms with Crippen molar-refractivity contribution in [3.05, 3.63) is 16.4 Å². The molecule has 0 aromatic carbocycles. The zero-order valence-corrected chi connectivity index (χ0v) is 14.2. The van der Waals surface area contributed by atoms with E-state index in [1.54, 1.807) is 11.8 Å². The molecule has 0 radical (unpaired) electrons. The van der Waals surface area contributed by atoms with Gasteiger partial charge >= 0.3 is 0 Å². The number of rotatable bonds is 8. The maximum Gasteiger partial charge on any atom is 0.241 e. The van der Waals surface area contributed by atoms with Gasteiger partial charge in [-0.1, -0.05) is 17.3 Å². The van der Waals surface area contributed by atoms with Gasteiger partial charge in [0, 0.05) is 6.04 Å². The van der Waals surface area contributed by atoms with Gasteiger partial charge in [0.1, 0.15) is 5.82 Å². The number of hydrogen-bond acceptors (Lipinski definition) is 9. The van der Waals surface area contributed by atoms with Crippen LogP contribution in [0.3, 0.4) is 0 Å². The molecule has 0 spiro atoms. The summed E-state index contributed by atoms with van der Waals surface area (Å²) in [7, 11) is 1.54. The summed E-state index contributed by atoms with van der Waals surface area (Å²) < 4.78 is 5.33. The predicted molar refractivity (Wildman–Crippen MR) is 89.8 cm³/mol. The number of methoxy groups -OCH3 is 1. The number of hydrogen-bond donors (Lipinski definition) is 4. The summed E-state index contributed by atoms with van der Waals surface area (Å²) in [6.07, 6.45) is 3.42. The van der Waals surface area contributed by atoms with Crippen molar-refractivity contribution in [2.24, 2.45) is 15.4 Å². The van der Waals surface area contributed by atoms with Crippen LogP contribution in [0.15, 0.2) is 26.9 Å². The van der Waals surface area contributed by atoms with E-state index in [0.717, 1.165) is 25.0 Å². The van der Waals surface area contributed by atoms with Gasteiger partial charge < -0.3 is 15.4 Å². The van der Waals surface area contributed by atoms with Crippen LogP contribution in [0.4, 0.5) is 0 Å². The van der Waals surface area contributed by atoms with Crippen molar-refractivity contribution in [3.8, 4) is 0 Å². The molecule has 1 saturated carbocycles. The average Bonchev–Trinajstić information content (AvgIpc) is 3.02. The van der Waals surface area contributed by atoms with Crippen LogP contribution in [0.5, 0.6) is 0 Å². The molecule has 2 rings (SSSR count). The minimum atomic E-state index is -0.162. The van der Waals surface area contributed by atoms with Crippen molar-refractivity contribution in [1.29, 1.82) is 5.53 Å². The predicted octanol–water partition coefficient (Wildman–Crippen LogP) is 2.04. The van der Waals surface area contributed by atoms with E-state index >= 15 is 0 Å². The Kier molecular flexibility index (Phi) is 6.63. The molecule has 128 valence electrons. The molecule has 0 amide bonds.